The van der Waals surface area contributed by atoms with E-state index in [-0.39, 0.29) is 18.0 Å². The first-order valence-corrected chi connectivity index (χ1v) is 12.8. The molecule has 1 N–H and O–H groups in total. The third kappa shape index (κ3) is 4.38. The molecule has 2 aromatic carbocycles. The summed E-state index contributed by atoms with van der Waals surface area (Å²) >= 11 is 3.16. The quantitative estimate of drug-likeness (QED) is 0.538. The van der Waals surface area contributed by atoms with Crippen molar-refractivity contribution in [1.29, 1.82) is 5.26 Å². The summed E-state index contributed by atoms with van der Waals surface area (Å²) in [5, 5.41) is 12.6. The minimum Gasteiger partial charge on any atom is -0.364 e. The average molecular weight is 531 g/mol. The average Bonchev–Trinajstić information content (AvgIpc) is 3.62. The largest absolute Gasteiger partial charge is 0.364 e. The van der Waals surface area contributed by atoms with Gasteiger partial charge in [0.2, 0.25) is 10.0 Å². The molecule has 2 heterocycles. The molecule has 5 rings (SSSR count). The number of hydrogen-bond acceptors (Lipinski definition) is 7. The van der Waals surface area contributed by atoms with E-state index in [2.05, 4.69) is 27.3 Å². The van der Waals surface area contributed by atoms with Crippen LogP contribution in [0.2, 0.25) is 0 Å². The molecule has 3 aromatic rings. The van der Waals surface area contributed by atoms with E-state index < -0.39 is 15.8 Å². The number of fused-ring (bicyclic) bond motifs is 1. The van der Waals surface area contributed by atoms with Gasteiger partial charge in [0.25, 0.3) is 0 Å². The number of anilines is 2. The maximum atomic E-state index is 14.3. The van der Waals surface area contributed by atoms with E-state index in [1.54, 1.807) is 18.2 Å². The Morgan fingerprint density at radius 1 is 1.06 bits per heavy atom. The van der Waals surface area contributed by atoms with Crippen LogP contribution < -0.4 is 10.2 Å². The SMILES string of the molecule is N#Cc1ccc2nc(NC3CC3)c(N3CCN(S(=O)(=O)c4ccc(Br)cc4F)CC3)nc2c1. The highest BCUT2D eigenvalue weighted by Crippen LogP contribution is 2.32. The van der Waals surface area contributed by atoms with Gasteiger partial charge in [-0.05, 0) is 49.2 Å². The standard InChI is InChI=1S/C22H20BrFN6O2S/c23-15-2-6-20(17(24)12-15)33(31,32)30-9-7-29(8-10-30)22-21(26-16-3-4-16)27-18-5-1-14(13-25)11-19(18)28-22/h1-2,5-6,11-12,16H,3-4,7-10H2,(H,26,27). The van der Waals surface area contributed by atoms with Crippen LogP contribution in [0.5, 0.6) is 0 Å². The second-order valence-corrected chi connectivity index (χ2v) is 10.9. The number of rotatable bonds is 5. The van der Waals surface area contributed by atoms with Crippen molar-refractivity contribution >= 4 is 48.6 Å². The van der Waals surface area contributed by atoms with Crippen molar-refractivity contribution < 1.29 is 12.8 Å². The lowest BCUT2D eigenvalue weighted by Crippen LogP contribution is -2.49. The molecule has 0 amide bonds. The predicted octanol–water partition coefficient (Wildman–Crippen LogP) is 3.49. The van der Waals surface area contributed by atoms with Crippen LogP contribution in [0.15, 0.2) is 45.8 Å². The molecule has 2 aliphatic rings. The van der Waals surface area contributed by atoms with Gasteiger partial charge in [0.1, 0.15) is 10.7 Å². The van der Waals surface area contributed by atoms with Crippen LogP contribution in [-0.4, -0.2) is 54.9 Å². The van der Waals surface area contributed by atoms with Gasteiger partial charge in [-0.15, -0.1) is 0 Å². The molecule has 170 valence electrons. The zero-order chi connectivity index (χ0) is 23.2. The fourth-order valence-electron chi connectivity index (χ4n) is 3.82. The Morgan fingerprint density at radius 2 is 1.82 bits per heavy atom. The van der Waals surface area contributed by atoms with E-state index in [1.807, 2.05) is 4.90 Å². The number of nitrogens with zero attached hydrogens (tertiary/aromatic N) is 5. The van der Waals surface area contributed by atoms with Gasteiger partial charge in [0, 0.05) is 36.7 Å². The van der Waals surface area contributed by atoms with E-state index in [0.717, 1.165) is 18.9 Å². The lowest BCUT2D eigenvalue weighted by atomic mass is 10.2. The number of hydrogen-bond donors (Lipinski definition) is 1. The van der Waals surface area contributed by atoms with E-state index in [4.69, 9.17) is 9.97 Å². The molecular formula is C22H20BrFN6O2S. The van der Waals surface area contributed by atoms with Crippen LogP contribution in [-0.2, 0) is 10.0 Å². The molecule has 11 heteroatoms. The Kier molecular flexibility index (Phi) is 5.68. The Labute approximate surface area is 199 Å². The van der Waals surface area contributed by atoms with E-state index in [9.17, 15) is 18.1 Å². The van der Waals surface area contributed by atoms with Crippen LogP contribution in [0.3, 0.4) is 0 Å². The summed E-state index contributed by atoms with van der Waals surface area (Å²) in [4.78, 5) is 11.2. The molecule has 1 aliphatic carbocycles. The Hall–Kier alpha value is -2.81. The van der Waals surface area contributed by atoms with Crippen molar-refractivity contribution in [3.05, 3.63) is 52.3 Å². The maximum absolute atomic E-state index is 14.3. The number of halogens is 2. The predicted molar refractivity (Wildman–Crippen MR) is 126 cm³/mol. The smallest absolute Gasteiger partial charge is 0.246 e. The van der Waals surface area contributed by atoms with E-state index in [1.165, 1.54) is 16.4 Å². The molecule has 0 bridgehead atoms. The Bertz CT molecular complexity index is 1380. The lowest BCUT2D eigenvalue weighted by Gasteiger charge is -2.35. The molecule has 0 atom stereocenters. The molecule has 33 heavy (non-hydrogen) atoms. The van der Waals surface area contributed by atoms with E-state index >= 15 is 0 Å². The van der Waals surface area contributed by atoms with E-state index in [0.29, 0.717) is 51.8 Å². The minimum atomic E-state index is -3.95. The van der Waals surface area contributed by atoms with Crippen molar-refractivity contribution in [3.63, 3.8) is 0 Å². The highest BCUT2D eigenvalue weighted by molar-refractivity contribution is 9.10. The molecule has 0 unspecified atom stereocenters. The zero-order valence-corrected chi connectivity index (χ0v) is 19.9. The number of aromatic nitrogens is 2. The monoisotopic (exact) mass is 530 g/mol. The summed E-state index contributed by atoms with van der Waals surface area (Å²) in [6, 6.07) is 11.6. The summed E-state index contributed by atoms with van der Waals surface area (Å²) in [5.41, 5.74) is 1.79. The fraction of sp³-hybridized carbons (Fsp3) is 0.318. The number of nitrogens with one attached hydrogen (secondary N) is 1. The first kappa shape index (κ1) is 22.0. The van der Waals surface area contributed by atoms with Gasteiger partial charge in [-0.2, -0.15) is 9.57 Å². The molecule has 1 aliphatic heterocycles. The summed E-state index contributed by atoms with van der Waals surface area (Å²) in [7, 11) is -3.95. The number of sulfonamides is 1. The normalized spacial score (nSPS) is 17.2. The zero-order valence-electron chi connectivity index (χ0n) is 17.5. The number of nitriles is 1. The van der Waals surface area contributed by atoms with Crippen molar-refractivity contribution in [3.8, 4) is 6.07 Å². The molecule has 1 saturated carbocycles. The van der Waals surface area contributed by atoms with Gasteiger partial charge in [-0.25, -0.2) is 22.8 Å². The van der Waals surface area contributed by atoms with Crippen molar-refractivity contribution in [2.45, 2.75) is 23.8 Å². The molecule has 1 saturated heterocycles. The summed E-state index contributed by atoms with van der Waals surface area (Å²) in [6.45, 7) is 1.15. The summed E-state index contributed by atoms with van der Waals surface area (Å²) in [6.07, 6.45) is 2.13. The van der Waals surface area contributed by atoms with Gasteiger partial charge in [0.15, 0.2) is 11.6 Å². The first-order valence-electron chi connectivity index (χ1n) is 10.5. The van der Waals surface area contributed by atoms with Crippen LogP contribution in [0.25, 0.3) is 11.0 Å². The van der Waals surface area contributed by atoms with Gasteiger partial charge in [-0.3, -0.25) is 0 Å². The minimum absolute atomic E-state index is 0.193. The number of piperazine rings is 1. The van der Waals surface area contributed by atoms with Crippen molar-refractivity contribution in [2.24, 2.45) is 0 Å². The molecule has 8 nitrogen and oxygen atoms in total. The second kappa shape index (κ2) is 8.52. The van der Waals surface area contributed by atoms with Gasteiger partial charge in [0.05, 0.1) is 22.7 Å². The molecule has 0 spiro atoms. The van der Waals surface area contributed by atoms with Gasteiger partial charge in [-0.1, -0.05) is 15.9 Å². The van der Waals surface area contributed by atoms with Crippen LogP contribution in [0.4, 0.5) is 16.0 Å². The van der Waals surface area contributed by atoms with Gasteiger partial charge >= 0.3 is 0 Å². The molecule has 0 radical (unpaired) electrons. The van der Waals surface area contributed by atoms with Crippen LogP contribution in [0.1, 0.15) is 18.4 Å². The van der Waals surface area contributed by atoms with Crippen LogP contribution in [0, 0.1) is 17.1 Å². The fourth-order valence-corrected chi connectivity index (χ4v) is 5.62. The van der Waals surface area contributed by atoms with Gasteiger partial charge < -0.3 is 10.2 Å². The second-order valence-electron chi connectivity index (χ2n) is 8.10. The number of benzene rings is 2. The maximum Gasteiger partial charge on any atom is 0.246 e. The van der Waals surface area contributed by atoms with Crippen molar-refractivity contribution in [2.75, 3.05) is 36.4 Å². The van der Waals surface area contributed by atoms with Crippen LogP contribution >= 0.6 is 15.9 Å². The lowest BCUT2D eigenvalue weighted by molar-refractivity contribution is 0.381. The molecule has 1 aromatic heterocycles. The molecule has 2 fully saturated rings. The highest BCUT2D eigenvalue weighted by Gasteiger charge is 2.32. The third-order valence-electron chi connectivity index (χ3n) is 5.74. The van der Waals surface area contributed by atoms with Crippen molar-refractivity contribution in [1.82, 2.24) is 14.3 Å². The topological polar surface area (TPSA) is 102 Å². The Balaban J connectivity index is 1.42. The Morgan fingerprint density at radius 3 is 2.48 bits per heavy atom. The highest BCUT2D eigenvalue weighted by atomic mass is 79.9. The summed E-state index contributed by atoms with van der Waals surface area (Å²) < 4.78 is 42.1. The third-order valence-corrected chi connectivity index (χ3v) is 8.17. The summed E-state index contributed by atoms with van der Waals surface area (Å²) in [5.74, 6) is 0.512. The molecular weight excluding hydrogens is 511 g/mol. The first-order chi connectivity index (χ1) is 15.8.